The third kappa shape index (κ3) is 1.60. The van der Waals surface area contributed by atoms with Crippen LogP contribution in [0.25, 0.3) is 43.6 Å². The van der Waals surface area contributed by atoms with Crippen molar-refractivity contribution >= 4 is 55.4 Å². The van der Waals surface area contributed by atoms with Gasteiger partial charge in [-0.2, -0.15) is 0 Å². The summed E-state index contributed by atoms with van der Waals surface area (Å²) in [5.74, 6) is -0.650. The number of carbonyl (C=O) groups is 2. The van der Waals surface area contributed by atoms with Crippen molar-refractivity contribution in [3.63, 3.8) is 0 Å². The zero-order chi connectivity index (χ0) is 18.4. The highest BCUT2D eigenvalue weighted by Crippen LogP contribution is 2.43. The standard InChI is InChI=1S/C22H15N3O2/c1-9-5-3-7-11-13(9)15-17-18(22(27)25-21(17)26)16-14-10(2)6-4-8-12(14)24-20(16)19(15)23-11/h3-8,23-24H,1-2H3,(H,25,26,27). The molecule has 0 unspecified atom stereocenters. The predicted molar refractivity (Wildman–Crippen MR) is 106 cm³/mol. The number of nitrogens with one attached hydrogen (secondary N) is 3. The van der Waals surface area contributed by atoms with E-state index in [0.717, 1.165) is 54.7 Å². The Bertz CT molecular complexity index is 1390. The van der Waals surface area contributed by atoms with Gasteiger partial charge in [0.15, 0.2) is 0 Å². The van der Waals surface area contributed by atoms with Crippen molar-refractivity contribution in [3.05, 3.63) is 58.7 Å². The van der Waals surface area contributed by atoms with E-state index in [9.17, 15) is 9.59 Å². The molecule has 0 bridgehead atoms. The highest BCUT2D eigenvalue weighted by Gasteiger charge is 2.35. The molecule has 0 radical (unpaired) electrons. The van der Waals surface area contributed by atoms with Gasteiger partial charge in [0.1, 0.15) is 0 Å². The summed E-state index contributed by atoms with van der Waals surface area (Å²) in [4.78, 5) is 32.5. The van der Waals surface area contributed by atoms with E-state index in [-0.39, 0.29) is 11.8 Å². The second-order valence-electron chi connectivity index (χ2n) is 7.28. The summed E-state index contributed by atoms with van der Waals surface area (Å²) in [5, 5.41) is 6.13. The number of amides is 2. The summed E-state index contributed by atoms with van der Waals surface area (Å²) in [6, 6.07) is 12.0. The van der Waals surface area contributed by atoms with Crippen molar-refractivity contribution in [2.75, 3.05) is 0 Å². The van der Waals surface area contributed by atoms with Crippen LogP contribution in [-0.2, 0) is 0 Å². The number of H-pyrrole nitrogens is 2. The largest absolute Gasteiger partial charge is 0.353 e. The van der Waals surface area contributed by atoms with Crippen molar-refractivity contribution in [1.82, 2.24) is 15.3 Å². The van der Waals surface area contributed by atoms with E-state index in [0.29, 0.717) is 11.1 Å². The number of imide groups is 1. The van der Waals surface area contributed by atoms with Gasteiger partial charge in [-0.3, -0.25) is 14.9 Å². The number of rotatable bonds is 0. The molecule has 3 N–H and O–H groups in total. The molecule has 0 fully saturated rings. The van der Waals surface area contributed by atoms with Crippen molar-refractivity contribution < 1.29 is 9.59 Å². The number of fused-ring (bicyclic) bond motifs is 10. The maximum absolute atomic E-state index is 12.8. The van der Waals surface area contributed by atoms with Gasteiger partial charge in [0.2, 0.25) is 0 Å². The summed E-state index contributed by atoms with van der Waals surface area (Å²) in [6.45, 7) is 4.05. The molecule has 6 rings (SSSR count). The first-order chi connectivity index (χ1) is 13.1. The molecule has 2 amide bonds. The van der Waals surface area contributed by atoms with E-state index >= 15 is 0 Å². The van der Waals surface area contributed by atoms with Crippen LogP contribution in [0, 0.1) is 13.8 Å². The second-order valence-corrected chi connectivity index (χ2v) is 7.28. The average Bonchev–Trinajstić information content (AvgIpc) is 3.27. The highest BCUT2D eigenvalue weighted by atomic mass is 16.2. The number of carbonyl (C=O) groups excluding carboxylic acids is 2. The Kier molecular flexibility index (Phi) is 2.46. The Morgan fingerprint density at radius 2 is 1.07 bits per heavy atom. The van der Waals surface area contributed by atoms with Gasteiger partial charge in [-0.15, -0.1) is 0 Å². The molecule has 0 atom stereocenters. The molecule has 3 aromatic carbocycles. The molecule has 2 aromatic heterocycles. The summed E-state index contributed by atoms with van der Waals surface area (Å²) < 4.78 is 0. The van der Waals surface area contributed by atoms with Crippen LogP contribution in [0.1, 0.15) is 31.8 Å². The SMILES string of the molecule is Cc1cccc2[nH]c3c4[nH]c5cccc(C)c5c4c4c(c3c12)C(=O)NC4=O. The lowest BCUT2D eigenvalue weighted by atomic mass is 9.94. The fraction of sp³-hybridized carbons (Fsp3) is 0.0909. The minimum atomic E-state index is -0.325. The van der Waals surface area contributed by atoms with Crippen LogP contribution in [0.2, 0.25) is 0 Å². The van der Waals surface area contributed by atoms with Crippen LogP contribution in [0.5, 0.6) is 0 Å². The topological polar surface area (TPSA) is 77.8 Å². The molecular formula is C22H15N3O2. The Labute approximate surface area is 153 Å². The average molecular weight is 353 g/mol. The molecule has 3 heterocycles. The fourth-order valence-corrected chi connectivity index (χ4v) is 4.66. The normalized spacial score (nSPS) is 14.0. The second kappa shape index (κ2) is 4.57. The van der Waals surface area contributed by atoms with Gasteiger partial charge in [-0.05, 0) is 37.1 Å². The van der Waals surface area contributed by atoms with Crippen molar-refractivity contribution in [1.29, 1.82) is 0 Å². The molecule has 5 nitrogen and oxygen atoms in total. The van der Waals surface area contributed by atoms with Gasteiger partial charge in [0, 0.05) is 32.6 Å². The van der Waals surface area contributed by atoms with Gasteiger partial charge in [0.25, 0.3) is 11.8 Å². The van der Waals surface area contributed by atoms with Gasteiger partial charge in [-0.1, -0.05) is 24.3 Å². The smallest absolute Gasteiger partial charge is 0.259 e. The quantitative estimate of drug-likeness (QED) is 0.360. The van der Waals surface area contributed by atoms with Crippen molar-refractivity contribution in [2.45, 2.75) is 13.8 Å². The first-order valence-corrected chi connectivity index (χ1v) is 8.90. The number of benzene rings is 3. The Balaban J connectivity index is 2.04. The zero-order valence-electron chi connectivity index (χ0n) is 14.8. The predicted octanol–water partition coefficient (Wildman–Crippen LogP) is 4.46. The molecule has 5 aromatic rings. The van der Waals surface area contributed by atoms with Gasteiger partial charge < -0.3 is 9.97 Å². The summed E-state index contributed by atoms with van der Waals surface area (Å²) >= 11 is 0. The Morgan fingerprint density at radius 1 is 0.630 bits per heavy atom. The molecule has 0 saturated carbocycles. The van der Waals surface area contributed by atoms with Crippen molar-refractivity contribution in [3.8, 4) is 0 Å². The summed E-state index contributed by atoms with van der Waals surface area (Å²) in [5.41, 5.74) is 6.75. The Hall–Kier alpha value is -3.60. The van der Waals surface area contributed by atoms with Crippen LogP contribution in [0.15, 0.2) is 36.4 Å². The van der Waals surface area contributed by atoms with E-state index in [4.69, 9.17) is 0 Å². The van der Waals surface area contributed by atoms with Gasteiger partial charge >= 0.3 is 0 Å². The summed E-state index contributed by atoms with van der Waals surface area (Å²) in [6.07, 6.45) is 0. The minimum Gasteiger partial charge on any atom is -0.353 e. The van der Waals surface area contributed by atoms with E-state index in [1.165, 1.54) is 0 Å². The molecular weight excluding hydrogens is 338 g/mol. The lowest BCUT2D eigenvalue weighted by molar-refractivity contribution is 0.0880. The van der Waals surface area contributed by atoms with Crippen LogP contribution < -0.4 is 5.32 Å². The minimum absolute atomic E-state index is 0.325. The zero-order valence-corrected chi connectivity index (χ0v) is 14.8. The van der Waals surface area contributed by atoms with E-state index in [1.807, 2.05) is 50.2 Å². The Morgan fingerprint density at radius 3 is 1.52 bits per heavy atom. The number of aryl methyl sites for hydroxylation is 2. The monoisotopic (exact) mass is 353 g/mol. The van der Waals surface area contributed by atoms with Crippen LogP contribution in [0.3, 0.4) is 0 Å². The maximum Gasteiger partial charge on any atom is 0.259 e. The molecule has 130 valence electrons. The number of aromatic nitrogens is 2. The molecule has 1 aliphatic rings. The number of aromatic amines is 2. The number of hydrogen-bond acceptors (Lipinski definition) is 2. The van der Waals surface area contributed by atoms with Crippen LogP contribution in [-0.4, -0.2) is 21.8 Å². The van der Waals surface area contributed by atoms with Gasteiger partial charge in [-0.25, -0.2) is 0 Å². The number of hydrogen-bond donors (Lipinski definition) is 3. The van der Waals surface area contributed by atoms with Crippen LogP contribution >= 0.6 is 0 Å². The lowest BCUT2D eigenvalue weighted by Gasteiger charge is -2.04. The van der Waals surface area contributed by atoms with E-state index in [1.54, 1.807) is 0 Å². The molecule has 5 heteroatoms. The fourth-order valence-electron chi connectivity index (χ4n) is 4.66. The third-order valence-corrected chi connectivity index (χ3v) is 5.75. The van der Waals surface area contributed by atoms with Crippen LogP contribution in [0.4, 0.5) is 0 Å². The molecule has 0 spiro atoms. The molecule has 27 heavy (non-hydrogen) atoms. The molecule has 0 aliphatic carbocycles. The first kappa shape index (κ1) is 14.6. The molecule has 1 aliphatic heterocycles. The maximum atomic E-state index is 12.8. The van der Waals surface area contributed by atoms with Crippen molar-refractivity contribution in [2.24, 2.45) is 0 Å². The first-order valence-electron chi connectivity index (χ1n) is 8.90. The summed E-state index contributed by atoms with van der Waals surface area (Å²) in [7, 11) is 0. The van der Waals surface area contributed by atoms with E-state index in [2.05, 4.69) is 15.3 Å². The third-order valence-electron chi connectivity index (χ3n) is 5.75. The van der Waals surface area contributed by atoms with E-state index < -0.39 is 0 Å². The lowest BCUT2D eigenvalue weighted by Crippen LogP contribution is -2.20. The molecule has 0 saturated heterocycles. The van der Waals surface area contributed by atoms with Gasteiger partial charge in [0.05, 0.1) is 22.2 Å². The highest BCUT2D eigenvalue weighted by molar-refractivity contribution is 6.39.